The number of nitrogens with zero attached hydrogens (tertiary/aromatic N) is 1. The van der Waals surface area contributed by atoms with Crippen molar-refractivity contribution in [1.29, 1.82) is 0 Å². The summed E-state index contributed by atoms with van der Waals surface area (Å²) in [4.78, 5) is 4.08. The van der Waals surface area contributed by atoms with Crippen molar-refractivity contribution < 1.29 is 12.8 Å². The van der Waals surface area contributed by atoms with Crippen LogP contribution in [0, 0.1) is 5.92 Å². The van der Waals surface area contributed by atoms with E-state index in [9.17, 15) is 8.42 Å². The van der Waals surface area contributed by atoms with Crippen LogP contribution in [0.25, 0.3) is 11.1 Å². The van der Waals surface area contributed by atoms with Gasteiger partial charge in [-0.15, -0.1) is 0 Å². The number of nitrogen functional groups attached to an aromatic ring is 1. The zero-order chi connectivity index (χ0) is 15.5. The van der Waals surface area contributed by atoms with Crippen LogP contribution in [-0.4, -0.2) is 19.2 Å². The van der Waals surface area contributed by atoms with Crippen molar-refractivity contribution in [2.24, 2.45) is 5.92 Å². The molecule has 0 bridgehead atoms. The minimum atomic E-state index is -3.50. The number of nitrogens with two attached hydrogens (primary N) is 1. The van der Waals surface area contributed by atoms with Gasteiger partial charge in [0.25, 0.3) is 0 Å². The number of anilines is 1. The average molecular weight is 310 g/mol. The lowest BCUT2D eigenvalue weighted by molar-refractivity contribution is 0.441. The van der Waals surface area contributed by atoms with E-state index in [0.29, 0.717) is 16.8 Å². The van der Waals surface area contributed by atoms with Gasteiger partial charge >= 0.3 is 5.22 Å². The maximum atomic E-state index is 12.4. The highest BCUT2D eigenvalue weighted by atomic mass is 32.2. The highest BCUT2D eigenvalue weighted by Gasteiger charge is 2.25. The van der Waals surface area contributed by atoms with Gasteiger partial charge in [0.1, 0.15) is 5.52 Å². The smallest absolute Gasteiger partial charge is 0.316 e. The Morgan fingerprint density at radius 1 is 1.33 bits per heavy atom. The predicted octanol–water partition coefficient (Wildman–Crippen LogP) is 3.40. The van der Waals surface area contributed by atoms with Crippen LogP contribution in [0.2, 0.25) is 0 Å². The Balaban J connectivity index is 2.24. The van der Waals surface area contributed by atoms with E-state index in [2.05, 4.69) is 11.9 Å². The lowest BCUT2D eigenvalue weighted by atomic mass is 10.0. The molecule has 2 N–H and O–H groups in total. The molecule has 0 aliphatic rings. The molecule has 6 heteroatoms. The maximum absolute atomic E-state index is 12.4. The Labute approximate surface area is 125 Å². The van der Waals surface area contributed by atoms with E-state index in [1.165, 1.54) is 0 Å². The van der Waals surface area contributed by atoms with Crippen LogP contribution in [0.1, 0.15) is 39.5 Å². The molecule has 0 saturated heterocycles. The van der Waals surface area contributed by atoms with Gasteiger partial charge in [-0.25, -0.2) is 8.42 Å². The predicted molar refractivity (Wildman–Crippen MR) is 83.8 cm³/mol. The summed E-state index contributed by atoms with van der Waals surface area (Å²) in [5.74, 6) is 0.237. The minimum absolute atomic E-state index is 0.0891. The summed E-state index contributed by atoms with van der Waals surface area (Å²) in [7, 11) is -3.50. The molecule has 116 valence electrons. The molecule has 1 unspecified atom stereocenters. The zero-order valence-electron chi connectivity index (χ0n) is 12.5. The van der Waals surface area contributed by atoms with E-state index in [0.717, 1.165) is 25.7 Å². The molecule has 2 rings (SSSR count). The third kappa shape index (κ3) is 3.75. The Kier molecular flexibility index (Phi) is 4.88. The summed E-state index contributed by atoms with van der Waals surface area (Å²) in [6.07, 6.45) is 3.86. The van der Waals surface area contributed by atoms with E-state index < -0.39 is 9.84 Å². The first kappa shape index (κ1) is 15.8. The Bertz CT molecular complexity index is 707. The lowest BCUT2D eigenvalue weighted by Crippen LogP contribution is -2.16. The fourth-order valence-electron chi connectivity index (χ4n) is 2.34. The molecular weight excluding hydrogens is 288 g/mol. The molecule has 0 aliphatic carbocycles. The Morgan fingerprint density at radius 2 is 2.10 bits per heavy atom. The van der Waals surface area contributed by atoms with Crippen molar-refractivity contribution in [1.82, 2.24) is 4.98 Å². The van der Waals surface area contributed by atoms with Crippen LogP contribution in [0.4, 0.5) is 5.69 Å². The molecular formula is C15H22N2O3S. The fourth-order valence-corrected chi connectivity index (χ4v) is 3.96. The SMILES string of the molecule is CCCCC(CC)CS(=O)(=O)c1nc2cc(N)ccc2o1. The van der Waals surface area contributed by atoms with Crippen LogP contribution in [-0.2, 0) is 9.84 Å². The van der Waals surface area contributed by atoms with Gasteiger partial charge in [-0.3, -0.25) is 0 Å². The van der Waals surface area contributed by atoms with Gasteiger partial charge in [0.05, 0.1) is 5.75 Å². The molecule has 0 radical (unpaired) electrons. The number of rotatable bonds is 7. The number of fused-ring (bicyclic) bond motifs is 1. The molecule has 0 saturated carbocycles. The molecule has 2 aromatic rings. The van der Waals surface area contributed by atoms with E-state index in [1.54, 1.807) is 18.2 Å². The van der Waals surface area contributed by atoms with Crippen molar-refractivity contribution in [3.63, 3.8) is 0 Å². The molecule has 1 aromatic carbocycles. The highest BCUT2D eigenvalue weighted by Crippen LogP contribution is 2.24. The van der Waals surface area contributed by atoms with Gasteiger partial charge in [-0.1, -0.05) is 33.1 Å². The second kappa shape index (κ2) is 6.47. The number of hydrogen-bond acceptors (Lipinski definition) is 5. The quantitative estimate of drug-likeness (QED) is 0.792. The number of aromatic nitrogens is 1. The molecule has 5 nitrogen and oxygen atoms in total. The van der Waals surface area contributed by atoms with Crippen molar-refractivity contribution in [3.8, 4) is 0 Å². The summed E-state index contributed by atoms with van der Waals surface area (Å²) in [5.41, 5.74) is 7.13. The van der Waals surface area contributed by atoms with Gasteiger partial charge in [0, 0.05) is 5.69 Å². The lowest BCUT2D eigenvalue weighted by Gasteiger charge is -2.12. The van der Waals surface area contributed by atoms with Gasteiger partial charge < -0.3 is 10.2 Å². The molecule has 1 aromatic heterocycles. The fraction of sp³-hybridized carbons (Fsp3) is 0.533. The third-order valence-corrected chi connectivity index (χ3v) is 5.27. The van der Waals surface area contributed by atoms with Gasteiger partial charge in [-0.05, 0) is 30.5 Å². The number of sulfone groups is 1. The zero-order valence-corrected chi connectivity index (χ0v) is 13.3. The number of oxazole rings is 1. The van der Waals surface area contributed by atoms with Crippen LogP contribution < -0.4 is 5.73 Å². The van der Waals surface area contributed by atoms with E-state index in [-0.39, 0.29) is 16.9 Å². The second-order valence-electron chi connectivity index (χ2n) is 5.40. The molecule has 1 atom stereocenters. The van der Waals surface area contributed by atoms with Crippen LogP contribution >= 0.6 is 0 Å². The van der Waals surface area contributed by atoms with Gasteiger partial charge in [0.15, 0.2) is 5.58 Å². The van der Waals surface area contributed by atoms with E-state index >= 15 is 0 Å². The topological polar surface area (TPSA) is 86.2 Å². The van der Waals surface area contributed by atoms with Crippen LogP contribution in [0.3, 0.4) is 0 Å². The van der Waals surface area contributed by atoms with Gasteiger partial charge in [0.2, 0.25) is 9.84 Å². The van der Waals surface area contributed by atoms with Crippen LogP contribution in [0.15, 0.2) is 27.8 Å². The molecule has 0 fully saturated rings. The van der Waals surface area contributed by atoms with Gasteiger partial charge in [-0.2, -0.15) is 4.98 Å². The first-order valence-electron chi connectivity index (χ1n) is 7.35. The number of benzene rings is 1. The van der Waals surface area contributed by atoms with E-state index in [1.807, 2.05) is 6.92 Å². The molecule has 21 heavy (non-hydrogen) atoms. The normalized spacial score (nSPS) is 13.6. The first-order chi connectivity index (χ1) is 9.96. The molecule has 0 aliphatic heterocycles. The first-order valence-corrected chi connectivity index (χ1v) is 9.00. The molecule has 0 amide bonds. The van der Waals surface area contributed by atoms with Crippen LogP contribution in [0.5, 0.6) is 0 Å². The van der Waals surface area contributed by atoms with Crippen molar-refractivity contribution >= 4 is 26.6 Å². The Morgan fingerprint density at radius 3 is 2.76 bits per heavy atom. The highest BCUT2D eigenvalue weighted by molar-refractivity contribution is 7.91. The van der Waals surface area contributed by atoms with Crippen molar-refractivity contribution in [2.45, 2.75) is 44.8 Å². The number of unbranched alkanes of at least 4 members (excludes halogenated alkanes) is 1. The van der Waals surface area contributed by atoms with E-state index in [4.69, 9.17) is 10.2 Å². The third-order valence-electron chi connectivity index (χ3n) is 3.66. The monoisotopic (exact) mass is 310 g/mol. The number of hydrogen-bond donors (Lipinski definition) is 1. The summed E-state index contributed by atoms with van der Waals surface area (Å²) >= 11 is 0. The molecule has 0 spiro atoms. The second-order valence-corrected chi connectivity index (χ2v) is 7.32. The average Bonchev–Trinajstić information content (AvgIpc) is 2.87. The standard InChI is InChI=1S/C15H22N2O3S/c1-3-5-6-11(4-2)10-21(18,19)15-17-13-9-12(16)7-8-14(13)20-15/h7-9,11H,3-6,10,16H2,1-2H3. The summed E-state index contributed by atoms with van der Waals surface area (Å²) in [6.45, 7) is 4.12. The summed E-state index contributed by atoms with van der Waals surface area (Å²) in [5, 5.41) is -0.196. The largest absolute Gasteiger partial charge is 0.428 e. The van der Waals surface area contributed by atoms with Crippen molar-refractivity contribution in [2.75, 3.05) is 11.5 Å². The minimum Gasteiger partial charge on any atom is -0.428 e. The summed E-state index contributed by atoms with van der Waals surface area (Å²) < 4.78 is 30.2. The molecule has 1 heterocycles. The van der Waals surface area contributed by atoms with Crippen molar-refractivity contribution in [3.05, 3.63) is 18.2 Å². The summed E-state index contributed by atoms with van der Waals surface area (Å²) in [6, 6.07) is 4.93. The maximum Gasteiger partial charge on any atom is 0.316 e. The Hall–Kier alpha value is -1.56.